The quantitative estimate of drug-likeness (QED) is 0.796. The van der Waals surface area contributed by atoms with Gasteiger partial charge in [-0.1, -0.05) is 35.5 Å². The first-order chi connectivity index (χ1) is 10.1. The summed E-state index contributed by atoms with van der Waals surface area (Å²) in [6.45, 7) is 4.46. The van der Waals surface area contributed by atoms with Crippen LogP contribution >= 0.6 is 0 Å². The van der Waals surface area contributed by atoms with Gasteiger partial charge in [0.05, 0.1) is 12.0 Å². The number of nitrogens with zero attached hydrogens (tertiary/aromatic N) is 2. The normalized spacial score (nSPS) is 11.8. The summed E-state index contributed by atoms with van der Waals surface area (Å²) in [4.78, 5) is 4.46. The monoisotopic (exact) mass is 283 g/mol. The van der Waals surface area contributed by atoms with Crippen LogP contribution in [-0.4, -0.2) is 10.1 Å². The lowest BCUT2D eigenvalue weighted by molar-refractivity contribution is 0.394. The van der Waals surface area contributed by atoms with Gasteiger partial charge in [-0.25, -0.2) is 0 Å². The van der Waals surface area contributed by atoms with E-state index in [9.17, 15) is 0 Å². The minimum atomic E-state index is -0.341. The van der Waals surface area contributed by atoms with Crippen LogP contribution in [0.25, 0.3) is 11.7 Å². The van der Waals surface area contributed by atoms with Crippen molar-refractivity contribution in [2.45, 2.75) is 25.8 Å². The van der Waals surface area contributed by atoms with Gasteiger partial charge in [-0.3, -0.25) is 0 Å². The first-order valence-corrected chi connectivity index (χ1v) is 6.80. The van der Waals surface area contributed by atoms with Gasteiger partial charge in [-0.15, -0.1) is 0 Å². The molecule has 0 amide bonds. The van der Waals surface area contributed by atoms with E-state index in [2.05, 4.69) is 36.1 Å². The van der Waals surface area contributed by atoms with E-state index in [1.807, 2.05) is 24.3 Å². The molecule has 0 bridgehead atoms. The third-order valence-corrected chi connectivity index (χ3v) is 3.55. The first-order valence-electron chi connectivity index (χ1n) is 6.80. The predicted molar refractivity (Wildman–Crippen MR) is 78.5 cm³/mol. The van der Waals surface area contributed by atoms with Crippen molar-refractivity contribution in [3.63, 3.8) is 0 Å². The molecule has 2 aromatic heterocycles. The van der Waals surface area contributed by atoms with E-state index in [0.717, 1.165) is 5.56 Å². The summed E-state index contributed by atoms with van der Waals surface area (Å²) < 4.78 is 10.8. The van der Waals surface area contributed by atoms with E-state index >= 15 is 0 Å². The molecule has 2 N–H and O–H groups in total. The van der Waals surface area contributed by atoms with Crippen LogP contribution in [0.15, 0.2) is 51.4 Å². The highest BCUT2D eigenvalue weighted by Gasteiger charge is 2.29. The zero-order chi connectivity index (χ0) is 14.9. The van der Waals surface area contributed by atoms with Crippen LogP contribution in [0.5, 0.6) is 0 Å². The Morgan fingerprint density at radius 2 is 1.86 bits per heavy atom. The van der Waals surface area contributed by atoms with Gasteiger partial charge in [0.15, 0.2) is 11.6 Å². The third kappa shape index (κ3) is 2.48. The lowest BCUT2D eigenvalue weighted by atomic mass is 9.84. The molecule has 0 aliphatic carbocycles. The van der Waals surface area contributed by atoms with Crippen LogP contribution in [0.2, 0.25) is 0 Å². The molecule has 108 valence electrons. The smallest absolute Gasteiger partial charge is 0.293 e. The van der Waals surface area contributed by atoms with E-state index in [0.29, 0.717) is 29.8 Å². The molecule has 5 nitrogen and oxygen atoms in total. The second-order valence-corrected chi connectivity index (χ2v) is 5.38. The fraction of sp³-hybridized carbons (Fsp3) is 0.250. The van der Waals surface area contributed by atoms with E-state index in [1.165, 1.54) is 0 Å². The van der Waals surface area contributed by atoms with Crippen molar-refractivity contribution in [1.29, 1.82) is 0 Å². The van der Waals surface area contributed by atoms with Crippen LogP contribution in [0, 0.1) is 0 Å². The van der Waals surface area contributed by atoms with Gasteiger partial charge in [0.1, 0.15) is 5.76 Å². The molecule has 3 rings (SSSR count). The highest BCUT2D eigenvalue weighted by atomic mass is 16.5. The van der Waals surface area contributed by atoms with Crippen molar-refractivity contribution in [2.75, 3.05) is 0 Å². The zero-order valence-electron chi connectivity index (χ0n) is 12.0. The molecular weight excluding hydrogens is 266 g/mol. The summed E-state index contributed by atoms with van der Waals surface area (Å²) in [5, 5.41) is 4.10. The third-order valence-electron chi connectivity index (χ3n) is 3.55. The molecule has 0 atom stereocenters. The lowest BCUT2D eigenvalue weighted by Crippen LogP contribution is -2.20. The molecule has 1 aromatic carbocycles. The largest absolute Gasteiger partial charge is 0.455 e. The van der Waals surface area contributed by atoms with Gasteiger partial charge in [-0.05, 0) is 31.5 Å². The van der Waals surface area contributed by atoms with Gasteiger partial charge >= 0.3 is 0 Å². The van der Waals surface area contributed by atoms with Crippen LogP contribution in [0.3, 0.4) is 0 Å². The highest BCUT2D eigenvalue weighted by molar-refractivity contribution is 5.45. The van der Waals surface area contributed by atoms with E-state index in [1.54, 1.807) is 6.07 Å². The Hall–Kier alpha value is -2.40. The lowest BCUT2D eigenvalue weighted by Gasteiger charge is -2.20. The molecule has 21 heavy (non-hydrogen) atoms. The molecule has 0 radical (unpaired) electrons. The van der Waals surface area contributed by atoms with Gasteiger partial charge in [0.25, 0.3) is 5.89 Å². The van der Waals surface area contributed by atoms with Crippen molar-refractivity contribution >= 4 is 0 Å². The standard InChI is InChI=1S/C16H17N3O2/c1-16(2,11-6-4-3-5-7-11)15-18-14(21-19-15)13-9-8-12(10-17)20-13/h3-9H,10,17H2,1-2H3. The number of hydrogen-bond acceptors (Lipinski definition) is 5. The van der Waals surface area contributed by atoms with Gasteiger partial charge < -0.3 is 14.7 Å². The van der Waals surface area contributed by atoms with Gasteiger partial charge in [0, 0.05) is 0 Å². The summed E-state index contributed by atoms with van der Waals surface area (Å²) in [5.74, 6) is 2.22. The zero-order valence-corrected chi connectivity index (χ0v) is 12.0. The molecule has 0 saturated heterocycles. The number of benzene rings is 1. The van der Waals surface area contributed by atoms with Crippen molar-refractivity contribution in [1.82, 2.24) is 10.1 Å². The SMILES string of the molecule is CC(C)(c1ccccc1)c1noc(-c2ccc(CN)o2)n1. The molecule has 0 aliphatic heterocycles. The van der Waals surface area contributed by atoms with Crippen molar-refractivity contribution in [3.8, 4) is 11.7 Å². The molecule has 0 saturated carbocycles. The van der Waals surface area contributed by atoms with Crippen LogP contribution in [-0.2, 0) is 12.0 Å². The van der Waals surface area contributed by atoms with Crippen LogP contribution < -0.4 is 5.73 Å². The Balaban J connectivity index is 1.94. The number of rotatable bonds is 4. The van der Waals surface area contributed by atoms with Gasteiger partial charge in [0.2, 0.25) is 0 Å². The molecule has 0 aliphatic rings. The fourth-order valence-electron chi connectivity index (χ4n) is 2.16. The van der Waals surface area contributed by atoms with Crippen molar-refractivity contribution < 1.29 is 8.94 Å². The summed E-state index contributed by atoms with van der Waals surface area (Å²) in [6, 6.07) is 13.7. The highest BCUT2D eigenvalue weighted by Crippen LogP contribution is 2.31. The molecule has 3 aromatic rings. The summed E-state index contributed by atoms with van der Waals surface area (Å²) in [7, 11) is 0. The number of nitrogens with two attached hydrogens (primary N) is 1. The molecule has 0 fully saturated rings. The Morgan fingerprint density at radius 3 is 2.52 bits per heavy atom. The maximum absolute atomic E-state index is 5.53. The van der Waals surface area contributed by atoms with E-state index < -0.39 is 0 Å². The Kier molecular flexibility index (Phi) is 3.35. The Bertz CT molecular complexity index is 729. The molecule has 0 unspecified atom stereocenters. The summed E-state index contributed by atoms with van der Waals surface area (Å²) in [5.41, 5.74) is 6.31. The predicted octanol–water partition coefficient (Wildman–Crippen LogP) is 3.11. The summed E-state index contributed by atoms with van der Waals surface area (Å²) in [6.07, 6.45) is 0. The number of hydrogen-bond donors (Lipinski definition) is 1. The first kappa shape index (κ1) is 13.6. The summed E-state index contributed by atoms with van der Waals surface area (Å²) >= 11 is 0. The van der Waals surface area contributed by atoms with Crippen molar-refractivity contribution in [2.24, 2.45) is 5.73 Å². The average molecular weight is 283 g/mol. The van der Waals surface area contributed by atoms with Crippen molar-refractivity contribution in [3.05, 3.63) is 59.6 Å². The van der Waals surface area contributed by atoms with Crippen LogP contribution in [0.4, 0.5) is 0 Å². The Labute approximate surface area is 122 Å². The van der Waals surface area contributed by atoms with E-state index in [4.69, 9.17) is 14.7 Å². The van der Waals surface area contributed by atoms with E-state index in [-0.39, 0.29) is 5.41 Å². The topological polar surface area (TPSA) is 78.1 Å². The Morgan fingerprint density at radius 1 is 1.10 bits per heavy atom. The maximum atomic E-state index is 5.53. The number of furan rings is 1. The maximum Gasteiger partial charge on any atom is 0.293 e. The molecule has 2 heterocycles. The van der Waals surface area contributed by atoms with Gasteiger partial charge in [-0.2, -0.15) is 4.98 Å². The van der Waals surface area contributed by atoms with Crippen LogP contribution in [0.1, 0.15) is 31.0 Å². The second-order valence-electron chi connectivity index (χ2n) is 5.38. The minimum Gasteiger partial charge on any atom is -0.455 e. The molecule has 5 heteroatoms. The fourth-order valence-corrected chi connectivity index (χ4v) is 2.16. The molecular formula is C16H17N3O2. The minimum absolute atomic E-state index is 0.341. The second kappa shape index (κ2) is 5.18. The molecule has 0 spiro atoms. The average Bonchev–Trinajstić information content (AvgIpc) is 3.17. The number of aromatic nitrogens is 2.